The van der Waals surface area contributed by atoms with E-state index < -0.39 is 0 Å². The van der Waals surface area contributed by atoms with Crippen LogP contribution in [-0.2, 0) is 0 Å². The Morgan fingerprint density at radius 2 is 0.900 bits per heavy atom. The summed E-state index contributed by atoms with van der Waals surface area (Å²) in [4.78, 5) is 10.3. The minimum Gasteiger partial charge on any atom is -0.355 e. The van der Waals surface area contributed by atoms with Crippen molar-refractivity contribution in [3.8, 4) is 50.7 Å². The highest BCUT2D eigenvalue weighted by atomic mass is 15.1. The lowest BCUT2D eigenvalue weighted by atomic mass is 9.92. The van der Waals surface area contributed by atoms with Crippen LogP contribution in [0.2, 0.25) is 0 Å². The van der Waals surface area contributed by atoms with E-state index in [4.69, 9.17) is 9.97 Å². The monoisotopic (exact) mass is 640 g/mol. The molecule has 0 atom stereocenters. The summed E-state index contributed by atoms with van der Waals surface area (Å²) in [7, 11) is 0. The van der Waals surface area contributed by atoms with Crippen molar-refractivity contribution in [2.45, 2.75) is 0 Å². The van der Waals surface area contributed by atoms with E-state index in [1.807, 2.05) is 60.7 Å². The van der Waals surface area contributed by atoms with Gasteiger partial charge >= 0.3 is 0 Å². The van der Waals surface area contributed by atoms with Crippen molar-refractivity contribution in [2.24, 2.45) is 0 Å². The second kappa shape index (κ2) is 12.7. The maximum atomic E-state index is 5.22. The summed E-state index contributed by atoms with van der Waals surface area (Å²) in [6.07, 6.45) is 0. The number of aromatic nitrogens is 3. The predicted molar refractivity (Wildman–Crippen MR) is 208 cm³/mol. The van der Waals surface area contributed by atoms with Gasteiger partial charge in [-0.2, -0.15) is 0 Å². The highest BCUT2D eigenvalue weighted by Gasteiger charge is 2.23. The fourth-order valence-electron chi connectivity index (χ4n) is 6.91. The van der Waals surface area contributed by atoms with Crippen LogP contribution in [0.15, 0.2) is 188 Å². The van der Waals surface area contributed by atoms with E-state index in [0.29, 0.717) is 5.82 Å². The van der Waals surface area contributed by atoms with Gasteiger partial charge in [-0.05, 0) is 41.5 Å². The average Bonchev–Trinajstić information content (AvgIpc) is 3.45. The average molecular weight is 641 g/mol. The quantitative estimate of drug-likeness (QED) is 0.209. The molecule has 0 radical (unpaired) electrons. The van der Waals surface area contributed by atoms with Gasteiger partial charge in [0.25, 0.3) is 0 Å². The van der Waals surface area contributed by atoms with Gasteiger partial charge in [-0.15, -0.1) is 0 Å². The van der Waals surface area contributed by atoms with Gasteiger partial charge in [0.15, 0.2) is 5.82 Å². The molecule has 50 heavy (non-hydrogen) atoms. The van der Waals surface area contributed by atoms with Crippen molar-refractivity contribution in [2.75, 3.05) is 5.32 Å². The summed E-state index contributed by atoms with van der Waals surface area (Å²) < 4.78 is 2.30. The standard InChI is InChI=1S/C40H26N4.C6H6/c1-3-13-26(14-4-1)36-25-39(43-40(42-36)27-15-5-2-6-16-27)44-37-22-12-9-19-30(37)33-23-31-28-17-7-10-20-34(28)41-35-21-11-8-18-29(35)32(31)24-38(33)44;1-2-4-6-5-3-1/h1-25,41H;1-6H. The first kappa shape index (κ1) is 29.4. The van der Waals surface area contributed by atoms with E-state index in [1.54, 1.807) is 0 Å². The molecule has 1 aliphatic rings. The summed E-state index contributed by atoms with van der Waals surface area (Å²) in [6.45, 7) is 0. The van der Waals surface area contributed by atoms with Crippen molar-refractivity contribution < 1.29 is 0 Å². The third-order valence-electron chi connectivity index (χ3n) is 9.23. The third kappa shape index (κ3) is 5.29. The Labute approximate surface area is 291 Å². The summed E-state index contributed by atoms with van der Waals surface area (Å²) in [5.41, 5.74) is 12.1. The molecule has 10 rings (SSSR count). The van der Waals surface area contributed by atoms with E-state index in [9.17, 15) is 0 Å². The van der Waals surface area contributed by atoms with Crippen LogP contribution in [0.25, 0.3) is 72.5 Å². The molecule has 0 spiro atoms. The smallest absolute Gasteiger partial charge is 0.162 e. The number of fused-ring (bicyclic) bond motifs is 8. The number of hydrogen-bond acceptors (Lipinski definition) is 3. The highest BCUT2D eigenvalue weighted by molar-refractivity contribution is 6.14. The molecule has 1 N–H and O–H groups in total. The molecular formula is C46H32N4. The minimum absolute atomic E-state index is 0.700. The van der Waals surface area contributed by atoms with Gasteiger partial charge in [0.2, 0.25) is 0 Å². The number of benzene rings is 7. The molecule has 0 fully saturated rings. The van der Waals surface area contributed by atoms with Gasteiger partial charge in [-0.1, -0.05) is 152 Å². The zero-order valence-corrected chi connectivity index (χ0v) is 27.2. The molecule has 3 heterocycles. The molecule has 0 saturated heterocycles. The van der Waals surface area contributed by atoms with Crippen molar-refractivity contribution in [3.63, 3.8) is 0 Å². The van der Waals surface area contributed by atoms with Crippen LogP contribution in [0, 0.1) is 0 Å². The highest BCUT2D eigenvalue weighted by Crippen LogP contribution is 2.47. The summed E-state index contributed by atoms with van der Waals surface area (Å²) >= 11 is 0. The van der Waals surface area contributed by atoms with E-state index in [-0.39, 0.29) is 0 Å². The molecule has 9 aromatic rings. The summed E-state index contributed by atoms with van der Waals surface area (Å²) in [5.74, 6) is 1.54. The molecule has 0 aliphatic carbocycles. The van der Waals surface area contributed by atoms with Gasteiger partial charge in [0.05, 0.1) is 16.7 Å². The Balaban J connectivity index is 0.000000511. The van der Waals surface area contributed by atoms with E-state index in [0.717, 1.165) is 45.0 Å². The largest absolute Gasteiger partial charge is 0.355 e. The van der Waals surface area contributed by atoms with Crippen molar-refractivity contribution in [1.29, 1.82) is 0 Å². The molecule has 4 heteroatoms. The van der Waals surface area contributed by atoms with Crippen LogP contribution in [0.4, 0.5) is 11.4 Å². The topological polar surface area (TPSA) is 42.7 Å². The first-order valence-corrected chi connectivity index (χ1v) is 16.9. The second-order valence-electron chi connectivity index (χ2n) is 12.3. The minimum atomic E-state index is 0.700. The number of nitrogens with one attached hydrogen (secondary N) is 1. The Hall–Kier alpha value is -6.78. The molecule has 1 aliphatic heterocycles. The van der Waals surface area contributed by atoms with Crippen LogP contribution in [0.3, 0.4) is 0 Å². The Morgan fingerprint density at radius 3 is 1.56 bits per heavy atom. The van der Waals surface area contributed by atoms with Gasteiger partial charge < -0.3 is 5.32 Å². The van der Waals surface area contributed by atoms with Gasteiger partial charge in [0.1, 0.15) is 5.82 Å². The lowest BCUT2D eigenvalue weighted by molar-refractivity contribution is 1.05. The maximum Gasteiger partial charge on any atom is 0.162 e. The Morgan fingerprint density at radius 1 is 0.380 bits per heavy atom. The zero-order chi connectivity index (χ0) is 33.3. The van der Waals surface area contributed by atoms with E-state index in [2.05, 4.69) is 137 Å². The van der Waals surface area contributed by atoms with Gasteiger partial charge in [0, 0.05) is 50.5 Å². The number of hydrogen-bond donors (Lipinski definition) is 1. The molecule has 2 aromatic heterocycles. The van der Waals surface area contributed by atoms with Crippen molar-refractivity contribution >= 4 is 33.2 Å². The van der Waals surface area contributed by atoms with Crippen molar-refractivity contribution in [3.05, 3.63) is 188 Å². The van der Waals surface area contributed by atoms with Crippen molar-refractivity contribution in [1.82, 2.24) is 14.5 Å². The zero-order valence-electron chi connectivity index (χ0n) is 27.2. The lowest BCUT2D eigenvalue weighted by Crippen LogP contribution is -2.02. The molecule has 4 nitrogen and oxygen atoms in total. The van der Waals surface area contributed by atoms with Crippen LogP contribution in [0.5, 0.6) is 0 Å². The van der Waals surface area contributed by atoms with Crippen LogP contribution >= 0.6 is 0 Å². The van der Waals surface area contributed by atoms with Gasteiger partial charge in [-0.25, -0.2) is 9.97 Å². The molecule has 0 amide bonds. The number of para-hydroxylation sites is 3. The molecular weight excluding hydrogens is 609 g/mol. The Bertz CT molecular complexity index is 2520. The molecule has 0 saturated carbocycles. The van der Waals surface area contributed by atoms with E-state index >= 15 is 0 Å². The third-order valence-corrected chi connectivity index (χ3v) is 9.23. The number of rotatable bonds is 3. The number of nitrogens with zero attached hydrogens (tertiary/aromatic N) is 3. The maximum absolute atomic E-state index is 5.22. The summed E-state index contributed by atoms with van der Waals surface area (Å²) in [5, 5.41) is 6.08. The second-order valence-corrected chi connectivity index (χ2v) is 12.3. The normalized spacial score (nSPS) is 11.4. The fraction of sp³-hybridized carbons (Fsp3) is 0. The first-order chi connectivity index (χ1) is 24.8. The lowest BCUT2D eigenvalue weighted by Gasteiger charge is -2.14. The summed E-state index contributed by atoms with van der Waals surface area (Å²) in [6, 6.07) is 65.2. The SMILES string of the molecule is c1ccc(-c2cc(-n3c4ccccc4c4cc5c(cc43)-c3ccccc3Nc3ccccc3-5)nc(-c3ccccc3)n2)cc1.c1ccccc1. The molecule has 7 aromatic carbocycles. The van der Waals surface area contributed by atoms with Gasteiger partial charge in [-0.3, -0.25) is 4.57 Å². The fourth-order valence-corrected chi connectivity index (χ4v) is 6.91. The molecule has 0 unspecified atom stereocenters. The number of anilines is 2. The van der Waals surface area contributed by atoms with Crippen LogP contribution in [0.1, 0.15) is 0 Å². The molecule has 236 valence electrons. The van der Waals surface area contributed by atoms with Crippen LogP contribution in [-0.4, -0.2) is 14.5 Å². The van der Waals surface area contributed by atoms with Crippen LogP contribution < -0.4 is 5.32 Å². The Kier molecular flexibility index (Phi) is 7.45. The molecule has 0 bridgehead atoms. The predicted octanol–water partition coefficient (Wildman–Crippen LogP) is 12.0. The first-order valence-electron chi connectivity index (χ1n) is 16.9. The van der Waals surface area contributed by atoms with E-state index in [1.165, 1.54) is 33.0 Å².